The molecule has 0 unspecified atom stereocenters. The van der Waals surface area contributed by atoms with Crippen molar-refractivity contribution >= 4 is 0 Å². The van der Waals surface area contributed by atoms with Crippen molar-refractivity contribution in [1.82, 2.24) is 4.90 Å². The highest BCUT2D eigenvalue weighted by Crippen LogP contribution is 2.58. The highest BCUT2D eigenvalue weighted by atomic mass is 19.1. The maximum Gasteiger partial charge on any atom is 0.126 e. The molecule has 0 spiro atoms. The Bertz CT molecular complexity index is 398. The molecule has 0 aromatic heterocycles. The predicted molar refractivity (Wildman–Crippen MR) is 53.6 cm³/mol. The second-order valence-corrected chi connectivity index (χ2v) is 4.91. The Labute approximate surface area is 87.7 Å². The Morgan fingerprint density at radius 3 is 2.47 bits per heavy atom. The highest BCUT2D eigenvalue weighted by molar-refractivity contribution is 5.37. The molecule has 1 aliphatic heterocycles. The number of nitrogens with zero attached hydrogens (tertiary/aromatic N) is 1. The van der Waals surface area contributed by atoms with Crippen LogP contribution < -0.4 is 0 Å². The Morgan fingerprint density at radius 2 is 1.93 bits per heavy atom. The van der Waals surface area contributed by atoms with Gasteiger partial charge in [0, 0.05) is 24.6 Å². The second kappa shape index (κ2) is 2.79. The van der Waals surface area contributed by atoms with Gasteiger partial charge in [-0.25, -0.2) is 8.78 Å². The number of fused-ring (bicyclic) bond motifs is 1. The van der Waals surface area contributed by atoms with Gasteiger partial charge in [-0.3, -0.25) is 0 Å². The molecule has 1 heterocycles. The van der Waals surface area contributed by atoms with Crippen LogP contribution in [-0.4, -0.2) is 25.0 Å². The minimum absolute atomic E-state index is 0.0533. The molecule has 1 nitrogen and oxygen atoms in total. The summed E-state index contributed by atoms with van der Waals surface area (Å²) < 4.78 is 26.2. The minimum Gasteiger partial charge on any atom is -0.305 e. The lowest BCUT2D eigenvalue weighted by Gasteiger charge is -2.16. The van der Waals surface area contributed by atoms with Gasteiger partial charge in [0.25, 0.3) is 0 Å². The molecule has 15 heavy (non-hydrogen) atoms. The third-order valence-electron chi connectivity index (χ3n) is 3.75. The second-order valence-electron chi connectivity index (χ2n) is 4.91. The lowest BCUT2D eigenvalue weighted by Crippen LogP contribution is -2.22. The first-order chi connectivity index (χ1) is 7.10. The van der Waals surface area contributed by atoms with Crippen molar-refractivity contribution in [2.75, 3.05) is 20.1 Å². The van der Waals surface area contributed by atoms with Crippen molar-refractivity contribution in [1.29, 1.82) is 0 Å². The maximum atomic E-state index is 13.1. The van der Waals surface area contributed by atoms with Crippen molar-refractivity contribution in [2.45, 2.75) is 11.8 Å². The van der Waals surface area contributed by atoms with Crippen LogP contribution in [0.4, 0.5) is 8.78 Å². The number of hydrogen-bond acceptors (Lipinski definition) is 1. The fourth-order valence-corrected chi connectivity index (χ4v) is 3.02. The number of halogens is 2. The van der Waals surface area contributed by atoms with Crippen LogP contribution in [0.25, 0.3) is 0 Å². The Kier molecular flexibility index (Phi) is 1.72. The van der Waals surface area contributed by atoms with Crippen molar-refractivity contribution in [2.24, 2.45) is 5.92 Å². The molecule has 80 valence electrons. The average molecular weight is 209 g/mol. The minimum atomic E-state index is -0.459. The Hall–Kier alpha value is -0.960. The fraction of sp³-hybridized carbons (Fsp3) is 0.500. The predicted octanol–water partition coefficient (Wildman–Crippen LogP) is 2.17. The van der Waals surface area contributed by atoms with E-state index in [-0.39, 0.29) is 5.41 Å². The normalized spacial score (nSPS) is 34.2. The summed E-state index contributed by atoms with van der Waals surface area (Å²) in [5, 5.41) is 0. The van der Waals surface area contributed by atoms with E-state index in [9.17, 15) is 8.78 Å². The van der Waals surface area contributed by atoms with Crippen molar-refractivity contribution in [3.8, 4) is 0 Å². The third kappa shape index (κ3) is 1.29. The molecule has 0 bridgehead atoms. The molecule has 0 amide bonds. The zero-order chi connectivity index (χ0) is 10.6. The van der Waals surface area contributed by atoms with Crippen molar-refractivity contribution in [3.63, 3.8) is 0 Å². The summed E-state index contributed by atoms with van der Waals surface area (Å²) in [5.41, 5.74) is 0.895. The van der Waals surface area contributed by atoms with Crippen molar-refractivity contribution in [3.05, 3.63) is 35.4 Å². The van der Waals surface area contributed by atoms with Gasteiger partial charge in [0.05, 0.1) is 0 Å². The van der Waals surface area contributed by atoms with E-state index in [0.717, 1.165) is 31.1 Å². The molecule has 2 fully saturated rings. The first kappa shape index (κ1) is 9.28. The van der Waals surface area contributed by atoms with E-state index in [1.54, 1.807) is 0 Å². The lowest BCUT2D eigenvalue weighted by atomic mass is 9.95. The van der Waals surface area contributed by atoms with E-state index in [4.69, 9.17) is 0 Å². The molecule has 1 aromatic carbocycles. The summed E-state index contributed by atoms with van der Waals surface area (Å²) in [5.74, 6) is -0.317. The quantitative estimate of drug-likeness (QED) is 0.685. The first-order valence-electron chi connectivity index (χ1n) is 5.25. The topological polar surface area (TPSA) is 3.24 Å². The van der Waals surface area contributed by atoms with Gasteiger partial charge in [0.2, 0.25) is 0 Å². The first-order valence-corrected chi connectivity index (χ1v) is 5.25. The van der Waals surface area contributed by atoms with Crippen LogP contribution in [0.1, 0.15) is 12.0 Å². The fourth-order valence-electron chi connectivity index (χ4n) is 3.02. The van der Waals surface area contributed by atoms with Crippen LogP contribution in [0.15, 0.2) is 18.2 Å². The van der Waals surface area contributed by atoms with Crippen LogP contribution in [-0.2, 0) is 5.41 Å². The van der Waals surface area contributed by atoms with E-state index >= 15 is 0 Å². The Balaban J connectivity index is 2.00. The summed E-state index contributed by atoms with van der Waals surface area (Å²) in [6, 6.07) is 3.92. The molecule has 0 radical (unpaired) electrons. The lowest BCUT2D eigenvalue weighted by molar-refractivity contribution is 0.363. The van der Waals surface area contributed by atoms with Gasteiger partial charge in [-0.1, -0.05) is 0 Å². The largest absolute Gasteiger partial charge is 0.305 e. The van der Waals surface area contributed by atoms with E-state index in [0.29, 0.717) is 5.92 Å². The van der Waals surface area contributed by atoms with E-state index in [1.807, 2.05) is 0 Å². The number of likely N-dealkylation sites (tertiary alicyclic amines) is 1. The third-order valence-corrected chi connectivity index (χ3v) is 3.75. The summed E-state index contributed by atoms with van der Waals surface area (Å²) in [6.45, 7) is 1.98. The number of piperidine rings is 1. The molecular formula is C12H13F2N. The molecule has 1 aromatic rings. The Morgan fingerprint density at radius 1 is 1.27 bits per heavy atom. The van der Waals surface area contributed by atoms with E-state index in [1.165, 1.54) is 12.1 Å². The zero-order valence-electron chi connectivity index (χ0n) is 8.63. The SMILES string of the molecule is CN1C[C@@H]2C[C@]2(c2cc(F)cc(F)c2)C1. The standard InChI is InChI=1S/C12H13F2N/c1-15-6-9-5-12(9,7-15)8-2-10(13)4-11(14)3-8/h2-4,9H,5-7H2,1H3/t9-,12+/m0/s1. The number of benzene rings is 1. The molecule has 2 atom stereocenters. The van der Waals surface area contributed by atoms with Crippen LogP contribution in [0.5, 0.6) is 0 Å². The van der Waals surface area contributed by atoms with Crippen LogP contribution >= 0.6 is 0 Å². The molecule has 1 aliphatic carbocycles. The van der Waals surface area contributed by atoms with Crippen LogP contribution in [0.2, 0.25) is 0 Å². The van der Waals surface area contributed by atoms with Gasteiger partial charge in [-0.2, -0.15) is 0 Å². The van der Waals surface area contributed by atoms with Gasteiger partial charge in [-0.15, -0.1) is 0 Å². The van der Waals surface area contributed by atoms with Crippen molar-refractivity contribution < 1.29 is 8.78 Å². The van der Waals surface area contributed by atoms with Gasteiger partial charge in [0.1, 0.15) is 11.6 Å². The summed E-state index contributed by atoms with van der Waals surface area (Å²) in [4.78, 5) is 2.23. The monoisotopic (exact) mass is 209 g/mol. The van der Waals surface area contributed by atoms with Gasteiger partial charge in [-0.05, 0) is 37.1 Å². The van der Waals surface area contributed by atoms with Gasteiger partial charge in [0.15, 0.2) is 0 Å². The molecular weight excluding hydrogens is 196 g/mol. The molecule has 2 aliphatic rings. The zero-order valence-corrected chi connectivity index (χ0v) is 8.63. The molecule has 3 heteroatoms. The van der Waals surface area contributed by atoms with E-state index in [2.05, 4.69) is 11.9 Å². The highest BCUT2D eigenvalue weighted by Gasteiger charge is 2.59. The smallest absolute Gasteiger partial charge is 0.126 e. The van der Waals surface area contributed by atoms with Gasteiger partial charge < -0.3 is 4.90 Å². The van der Waals surface area contributed by atoms with E-state index < -0.39 is 11.6 Å². The molecule has 1 saturated heterocycles. The number of hydrogen-bond donors (Lipinski definition) is 0. The number of likely N-dealkylation sites (N-methyl/N-ethyl adjacent to an activating group) is 1. The molecule has 0 N–H and O–H groups in total. The number of rotatable bonds is 1. The summed E-state index contributed by atoms with van der Waals surface area (Å²) in [7, 11) is 2.06. The molecule has 1 saturated carbocycles. The van der Waals surface area contributed by atoms with Crippen LogP contribution in [0, 0.1) is 17.6 Å². The maximum absolute atomic E-state index is 13.1. The summed E-state index contributed by atoms with van der Waals surface area (Å²) in [6.07, 6.45) is 1.08. The average Bonchev–Trinajstić information content (AvgIpc) is 2.69. The van der Waals surface area contributed by atoms with Crippen LogP contribution in [0.3, 0.4) is 0 Å². The van der Waals surface area contributed by atoms with Gasteiger partial charge >= 0.3 is 0 Å². The summed E-state index contributed by atoms with van der Waals surface area (Å²) >= 11 is 0. The molecule has 3 rings (SSSR count).